The van der Waals surface area contributed by atoms with Gasteiger partial charge in [0.05, 0.1) is 25.7 Å². The van der Waals surface area contributed by atoms with Gasteiger partial charge in [-0.2, -0.15) is 0 Å². The van der Waals surface area contributed by atoms with Crippen LogP contribution in [0.3, 0.4) is 0 Å². The topological polar surface area (TPSA) is 61.8 Å². The Morgan fingerprint density at radius 2 is 2.00 bits per heavy atom. The van der Waals surface area contributed by atoms with E-state index in [-0.39, 0.29) is 30.4 Å². The number of halogens is 1. The molecule has 5 nitrogen and oxygen atoms in total. The molecule has 1 rings (SSSR count). The lowest BCUT2D eigenvalue weighted by molar-refractivity contribution is -0.134. The van der Waals surface area contributed by atoms with Crippen LogP contribution in [0.25, 0.3) is 0 Å². The van der Waals surface area contributed by atoms with E-state index in [4.69, 9.17) is 25.8 Å². The minimum atomic E-state index is -0.461. The van der Waals surface area contributed by atoms with Gasteiger partial charge in [-0.25, -0.2) is 4.79 Å². The second kappa shape index (κ2) is 7.63. The summed E-state index contributed by atoms with van der Waals surface area (Å²) in [5, 5.41) is 0. The minimum Gasteiger partial charge on any atom is -0.493 e. The summed E-state index contributed by atoms with van der Waals surface area (Å²) < 4.78 is 15.0. The molecule has 6 heteroatoms. The maximum absolute atomic E-state index is 11.5. The maximum Gasteiger partial charge on any atom is 0.338 e. The van der Waals surface area contributed by atoms with Crippen LogP contribution in [0.2, 0.25) is 0 Å². The summed E-state index contributed by atoms with van der Waals surface area (Å²) in [6, 6.07) is 4.45. The summed E-state index contributed by atoms with van der Waals surface area (Å²) in [7, 11) is 1.42. The molecular formula is C13H15ClO5. The van der Waals surface area contributed by atoms with Crippen LogP contribution in [-0.4, -0.2) is 31.5 Å². The molecule has 0 heterocycles. The molecule has 1 aromatic carbocycles. The quantitative estimate of drug-likeness (QED) is 0.456. The average molecular weight is 287 g/mol. The van der Waals surface area contributed by atoms with Crippen molar-refractivity contribution in [3.63, 3.8) is 0 Å². The lowest BCUT2D eigenvalue weighted by atomic mass is 10.2. The van der Waals surface area contributed by atoms with Crippen molar-refractivity contribution in [2.24, 2.45) is 0 Å². The Kier molecular flexibility index (Phi) is 6.15. The van der Waals surface area contributed by atoms with Gasteiger partial charge in [0.25, 0.3) is 0 Å². The van der Waals surface area contributed by atoms with Crippen molar-refractivity contribution in [2.45, 2.75) is 13.3 Å². The van der Waals surface area contributed by atoms with Gasteiger partial charge in [-0.1, -0.05) is 0 Å². The molecule has 0 saturated heterocycles. The molecule has 0 aliphatic carbocycles. The van der Waals surface area contributed by atoms with E-state index < -0.39 is 11.9 Å². The van der Waals surface area contributed by atoms with Gasteiger partial charge >= 0.3 is 11.9 Å². The third-order valence-corrected chi connectivity index (χ3v) is 2.39. The highest BCUT2D eigenvalue weighted by Crippen LogP contribution is 2.28. The van der Waals surface area contributed by atoms with Gasteiger partial charge in [-0.3, -0.25) is 4.79 Å². The Bertz CT molecular complexity index is 458. The van der Waals surface area contributed by atoms with Crippen LogP contribution >= 0.6 is 11.6 Å². The molecule has 0 aliphatic heterocycles. The van der Waals surface area contributed by atoms with Gasteiger partial charge in [-0.05, 0) is 25.1 Å². The van der Waals surface area contributed by atoms with Crippen molar-refractivity contribution < 1.29 is 23.8 Å². The van der Waals surface area contributed by atoms with E-state index in [0.717, 1.165) is 0 Å². The SMILES string of the molecule is CCOC(=O)c1ccc(OC(=O)CCCl)c(OC)c1. The molecule has 0 atom stereocenters. The molecule has 0 saturated carbocycles. The lowest BCUT2D eigenvalue weighted by Crippen LogP contribution is -2.10. The van der Waals surface area contributed by atoms with E-state index in [2.05, 4.69) is 0 Å². The molecule has 104 valence electrons. The zero-order valence-electron chi connectivity index (χ0n) is 10.8. The van der Waals surface area contributed by atoms with Crippen LogP contribution in [0, 0.1) is 0 Å². The molecule has 1 aromatic rings. The van der Waals surface area contributed by atoms with Crippen LogP contribution in [0.15, 0.2) is 18.2 Å². The van der Waals surface area contributed by atoms with E-state index in [1.54, 1.807) is 6.92 Å². The minimum absolute atomic E-state index is 0.102. The Labute approximate surface area is 116 Å². The average Bonchev–Trinajstić information content (AvgIpc) is 2.39. The fraction of sp³-hybridized carbons (Fsp3) is 0.385. The zero-order chi connectivity index (χ0) is 14.3. The van der Waals surface area contributed by atoms with Gasteiger partial charge in [-0.15, -0.1) is 11.6 Å². The molecule has 0 aromatic heterocycles. The van der Waals surface area contributed by atoms with Crippen LogP contribution < -0.4 is 9.47 Å². The van der Waals surface area contributed by atoms with Crippen molar-refractivity contribution in [2.75, 3.05) is 19.6 Å². The number of carbonyl (C=O) groups excluding carboxylic acids is 2. The van der Waals surface area contributed by atoms with Gasteiger partial charge in [0.2, 0.25) is 0 Å². The first-order valence-corrected chi connectivity index (χ1v) is 6.27. The normalized spacial score (nSPS) is 9.84. The van der Waals surface area contributed by atoms with Gasteiger partial charge in [0.15, 0.2) is 11.5 Å². The molecule has 0 spiro atoms. The largest absolute Gasteiger partial charge is 0.493 e. The first-order valence-electron chi connectivity index (χ1n) is 5.74. The number of benzene rings is 1. The van der Waals surface area contributed by atoms with E-state index in [0.29, 0.717) is 5.56 Å². The summed E-state index contributed by atoms with van der Waals surface area (Å²) in [4.78, 5) is 22.9. The number of carbonyl (C=O) groups is 2. The van der Waals surface area contributed by atoms with E-state index in [9.17, 15) is 9.59 Å². The first kappa shape index (κ1) is 15.3. The predicted octanol–water partition coefficient (Wildman–Crippen LogP) is 2.41. The standard InChI is InChI=1S/C13H15ClO5/c1-3-18-13(16)9-4-5-10(11(8-9)17-2)19-12(15)6-7-14/h4-5,8H,3,6-7H2,1-2H3. The van der Waals surface area contributed by atoms with Gasteiger partial charge in [0.1, 0.15) is 0 Å². The molecule has 0 fully saturated rings. The number of hydrogen-bond acceptors (Lipinski definition) is 5. The second-order valence-corrected chi connectivity index (χ2v) is 3.88. The number of hydrogen-bond donors (Lipinski definition) is 0. The summed E-state index contributed by atoms with van der Waals surface area (Å²) in [6.45, 7) is 2.01. The molecule has 19 heavy (non-hydrogen) atoms. The third-order valence-electron chi connectivity index (χ3n) is 2.20. The monoisotopic (exact) mass is 286 g/mol. The third kappa shape index (κ3) is 4.44. The fourth-order valence-corrected chi connectivity index (χ4v) is 1.50. The molecule has 0 unspecified atom stereocenters. The summed E-state index contributed by atoms with van der Waals surface area (Å²) in [5.41, 5.74) is 0.329. The van der Waals surface area contributed by atoms with Crippen LogP contribution in [0.1, 0.15) is 23.7 Å². The molecule has 0 aliphatic rings. The molecule has 0 radical (unpaired) electrons. The van der Waals surface area contributed by atoms with Crippen molar-refractivity contribution in [1.82, 2.24) is 0 Å². The fourth-order valence-electron chi connectivity index (χ4n) is 1.34. The van der Waals surface area contributed by atoms with Crippen LogP contribution in [-0.2, 0) is 9.53 Å². The number of methoxy groups -OCH3 is 1. The number of ether oxygens (including phenoxy) is 3. The Morgan fingerprint density at radius 3 is 2.58 bits per heavy atom. The Hall–Kier alpha value is -1.75. The summed E-state index contributed by atoms with van der Waals surface area (Å²) in [6.07, 6.45) is 0.102. The van der Waals surface area contributed by atoms with Crippen molar-refractivity contribution in [1.29, 1.82) is 0 Å². The second-order valence-electron chi connectivity index (χ2n) is 3.50. The Morgan fingerprint density at radius 1 is 1.26 bits per heavy atom. The molecular weight excluding hydrogens is 272 g/mol. The van der Waals surface area contributed by atoms with E-state index in [1.807, 2.05) is 0 Å². The number of alkyl halides is 1. The van der Waals surface area contributed by atoms with Crippen molar-refractivity contribution >= 4 is 23.5 Å². The highest BCUT2D eigenvalue weighted by molar-refractivity contribution is 6.18. The highest BCUT2D eigenvalue weighted by Gasteiger charge is 2.14. The van der Waals surface area contributed by atoms with Crippen molar-refractivity contribution in [3.05, 3.63) is 23.8 Å². The number of esters is 2. The molecule has 0 amide bonds. The van der Waals surface area contributed by atoms with E-state index >= 15 is 0 Å². The predicted molar refractivity (Wildman–Crippen MR) is 69.9 cm³/mol. The number of rotatable bonds is 6. The van der Waals surface area contributed by atoms with Gasteiger partial charge < -0.3 is 14.2 Å². The van der Waals surface area contributed by atoms with Crippen LogP contribution in [0.4, 0.5) is 0 Å². The smallest absolute Gasteiger partial charge is 0.338 e. The van der Waals surface area contributed by atoms with E-state index in [1.165, 1.54) is 25.3 Å². The molecule has 0 bridgehead atoms. The zero-order valence-corrected chi connectivity index (χ0v) is 11.5. The van der Waals surface area contributed by atoms with Gasteiger partial charge in [0, 0.05) is 5.88 Å². The first-order chi connectivity index (χ1) is 9.12. The summed E-state index contributed by atoms with van der Waals surface area (Å²) in [5.74, 6) is -0.210. The van der Waals surface area contributed by atoms with Crippen molar-refractivity contribution in [3.8, 4) is 11.5 Å². The lowest BCUT2D eigenvalue weighted by Gasteiger charge is -2.10. The Balaban J connectivity index is 2.90. The maximum atomic E-state index is 11.5. The van der Waals surface area contributed by atoms with Crippen LogP contribution in [0.5, 0.6) is 11.5 Å². The highest BCUT2D eigenvalue weighted by atomic mass is 35.5. The summed E-state index contributed by atoms with van der Waals surface area (Å²) >= 11 is 5.44. The molecule has 0 N–H and O–H groups in total.